The summed E-state index contributed by atoms with van der Waals surface area (Å²) in [5.41, 5.74) is 0. The van der Waals surface area contributed by atoms with E-state index in [1.54, 1.807) is 0 Å². The molecule has 0 aliphatic carbocycles. The molecular formula is C10H14O2S. The van der Waals surface area contributed by atoms with Gasteiger partial charge in [-0.15, -0.1) is 0 Å². The third-order valence-electron chi connectivity index (χ3n) is 1.74. The minimum atomic E-state index is -0.896. The smallest absolute Gasteiger partial charge is 0.0529 e. The summed E-state index contributed by atoms with van der Waals surface area (Å²) in [6.45, 7) is 0.186. The Kier molecular flexibility index (Phi) is 4.72. The standard InChI is InChI=1S/C10H14O2S/c11-8-4-5-9-13(12)10-6-2-1-3-7-10/h1-3,6-7,11H,4-5,8-9H2. The lowest BCUT2D eigenvalue weighted by Gasteiger charge is -2.00. The summed E-state index contributed by atoms with van der Waals surface area (Å²) in [6, 6.07) is 9.43. The molecule has 2 nitrogen and oxygen atoms in total. The van der Waals surface area contributed by atoms with Crippen LogP contribution in [-0.4, -0.2) is 21.7 Å². The van der Waals surface area contributed by atoms with Gasteiger partial charge in [0.1, 0.15) is 0 Å². The summed E-state index contributed by atoms with van der Waals surface area (Å²) in [7, 11) is -0.896. The van der Waals surface area contributed by atoms with Crippen LogP contribution in [0.2, 0.25) is 0 Å². The molecule has 0 aliphatic heterocycles. The maximum Gasteiger partial charge on any atom is 0.0529 e. The molecule has 1 aromatic carbocycles. The summed E-state index contributed by atoms with van der Waals surface area (Å²) in [5.74, 6) is 0.643. The molecule has 1 unspecified atom stereocenters. The first kappa shape index (κ1) is 10.4. The van der Waals surface area contributed by atoms with Gasteiger partial charge in [0.15, 0.2) is 0 Å². The zero-order chi connectivity index (χ0) is 9.52. The maximum atomic E-state index is 11.5. The molecule has 0 radical (unpaired) electrons. The van der Waals surface area contributed by atoms with E-state index < -0.39 is 10.8 Å². The third kappa shape index (κ3) is 3.70. The zero-order valence-electron chi connectivity index (χ0n) is 7.48. The van der Waals surface area contributed by atoms with Gasteiger partial charge in [0.2, 0.25) is 0 Å². The van der Waals surface area contributed by atoms with E-state index in [-0.39, 0.29) is 6.61 Å². The number of unbranched alkanes of at least 4 members (excludes halogenated alkanes) is 1. The van der Waals surface area contributed by atoms with Crippen molar-refractivity contribution in [2.45, 2.75) is 17.7 Å². The van der Waals surface area contributed by atoms with Crippen molar-refractivity contribution in [3.05, 3.63) is 30.3 Å². The van der Waals surface area contributed by atoms with Crippen LogP contribution in [-0.2, 0) is 10.8 Å². The minimum absolute atomic E-state index is 0.186. The minimum Gasteiger partial charge on any atom is -0.396 e. The molecule has 1 atom stereocenters. The SMILES string of the molecule is O=S(CCCCO)c1ccccc1. The van der Waals surface area contributed by atoms with Crippen molar-refractivity contribution in [2.75, 3.05) is 12.4 Å². The van der Waals surface area contributed by atoms with Crippen LogP contribution in [0.15, 0.2) is 35.2 Å². The van der Waals surface area contributed by atoms with Crippen LogP contribution in [0.4, 0.5) is 0 Å². The monoisotopic (exact) mass is 198 g/mol. The van der Waals surface area contributed by atoms with Gasteiger partial charge in [-0.3, -0.25) is 4.21 Å². The van der Waals surface area contributed by atoms with Gasteiger partial charge in [0.25, 0.3) is 0 Å². The van der Waals surface area contributed by atoms with Crippen molar-refractivity contribution in [2.24, 2.45) is 0 Å². The predicted octanol–water partition coefficient (Wildman–Crippen LogP) is 1.57. The van der Waals surface area contributed by atoms with Crippen molar-refractivity contribution in [3.8, 4) is 0 Å². The van der Waals surface area contributed by atoms with Crippen molar-refractivity contribution >= 4 is 10.8 Å². The average molecular weight is 198 g/mol. The van der Waals surface area contributed by atoms with E-state index >= 15 is 0 Å². The molecule has 1 rings (SSSR count). The van der Waals surface area contributed by atoms with Gasteiger partial charge in [-0.2, -0.15) is 0 Å². The first-order valence-corrected chi connectivity index (χ1v) is 5.71. The van der Waals surface area contributed by atoms with E-state index in [2.05, 4.69) is 0 Å². The number of benzene rings is 1. The van der Waals surface area contributed by atoms with Crippen LogP contribution >= 0.6 is 0 Å². The molecule has 72 valence electrons. The largest absolute Gasteiger partial charge is 0.396 e. The molecule has 0 saturated carbocycles. The van der Waals surface area contributed by atoms with Crippen molar-refractivity contribution < 1.29 is 9.32 Å². The Morgan fingerprint density at radius 2 is 1.85 bits per heavy atom. The second-order valence-electron chi connectivity index (χ2n) is 2.79. The molecule has 1 aromatic rings. The highest BCUT2D eigenvalue weighted by atomic mass is 32.2. The molecule has 1 N–H and O–H groups in total. The van der Waals surface area contributed by atoms with E-state index in [1.807, 2.05) is 30.3 Å². The summed E-state index contributed by atoms with van der Waals surface area (Å²) < 4.78 is 11.5. The highest BCUT2D eigenvalue weighted by molar-refractivity contribution is 7.85. The fraction of sp³-hybridized carbons (Fsp3) is 0.400. The summed E-state index contributed by atoms with van der Waals surface area (Å²) in [6.07, 6.45) is 1.55. The van der Waals surface area contributed by atoms with Crippen LogP contribution in [0.5, 0.6) is 0 Å². The Morgan fingerprint density at radius 3 is 2.46 bits per heavy atom. The van der Waals surface area contributed by atoms with Crippen molar-refractivity contribution in [3.63, 3.8) is 0 Å². The summed E-state index contributed by atoms with van der Waals surface area (Å²) in [5, 5.41) is 8.55. The summed E-state index contributed by atoms with van der Waals surface area (Å²) >= 11 is 0. The van der Waals surface area contributed by atoms with Crippen LogP contribution in [0.25, 0.3) is 0 Å². The lowest BCUT2D eigenvalue weighted by molar-refractivity contribution is 0.287. The van der Waals surface area contributed by atoms with Crippen molar-refractivity contribution in [1.29, 1.82) is 0 Å². The van der Waals surface area contributed by atoms with Crippen LogP contribution < -0.4 is 0 Å². The van der Waals surface area contributed by atoms with Gasteiger partial charge in [-0.25, -0.2) is 0 Å². The van der Waals surface area contributed by atoms with Gasteiger partial charge < -0.3 is 5.11 Å². The zero-order valence-corrected chi connectivity index (χ0v) is 8.30. The van der Waals surface area contributed by atoms with Gasteiger partial charge in [0.05, 0.1) is 10.8 Å². The number of aliphatic hydroxyl groups excluding tert-OH is 1. The van der Waals surface area contributed by atoms with Gasteiger partial charge in [-0.1, -0.05) is 18.2 Å². The number of hydrogen-bond acceptors (Lipinski definition) is 2. The molecular weight excluding hydrogens is 184 g/mol. The molecule has 0 bridgehead atoms. The second kappa shape index (κ2) is 5.89. The average Bonchev–Trinajstić information content (AvgIpc) is 2.19. The molecule has 0 spiro atoms. The van der Waals surface area contributed by atoms with Gasteiger partial charge in [-0.05, 0) is 25.0 Å². The molecule has 0 amide bonds. The van der Waals surface area contributed by atoms with Crippen molar-refractivity contribution in [1.82, 2.24) is 0 Å². The van der Waals surface area contributed by atoms with Crippen LogP contribution in [0.3, 0.4) is 0 Å². The second-order valence-corrected chi connectivity index (χ2v) is 4.36. The van der Waals surface area contributed by atoms with E-state index in [0.717, 1.165) is 17.7 Å². The van der Waals surface area contributed by atoms with E-state index in [0.29, 0.717) is 5.75 Å². The number of hydrogen-bond donors (Lipinski definition) is 1. The van der Waals surface area contributed by atoms with Gasteiger partial charge in [0, 0.05) is 17.3 Å². The first-order chi connectivity index (χ1) is 6.34. The lowest BCUT2D eigenvalue weighted by Crippen LogP contribution is -1.98. The Bertz CT molecular complexity index is 259. The molecule has 0 aromatic heterocycles. The van der Waals surface area contributed by atoms with E-state index in [9.17, 15) is 4.21 Å². The molecule has 0 saturated heterocycles. The quantitative estimate of drug-likeness (QED) is 0.729. The Balaban J connectivity index is 2.40. The maximum absolute atomic E-state index is 11.5. The number of aliphatic hydroxyl groups is 1. The lowest BCUT2D eigenvalue weighted by atomic mass is 10.4. The summed E-state index contributed by atoms with van der Waals surface area (Å²) in [4.78, 5) is 0.875. The highest BCUT2D eigenvalue weighted by Crippen LogP contribution is 2.06. The topological polar surface area (TPSA) is 37.3 Å². The Hall–Kier alpha value is -0.670. The Morgan fingerprint density at radius 1 is 1.15 bits per heavy atom. The molecule has 0 fully saturated rings. The first-order valence-electron chi connectivity index (χ1n) is 4.39. The van der Waals surface area contributed by atoms with Gasteiger partial charge >= 0.3 is 0 Å². The van der Waals surface area contributed by atoms with Crippen LogP contribution in [0.1, 0.15) is 12.8 Å². The normalized spacial score (nSPS) is 12.7. The molecule has 3 heteroatoms. The molecule has 0 heterocycles. The molecule has 13 heavy (non-hydrogen) atoms. The van der Waals surface area contributed by atoms with Crippen LogP contribution in [0, 0.1) is 0 Å². The molecule has 0 aliphatic rings. The predicted molar refractivity (Wildman–Crippen MR) is 54.0 cm³/mol. The van der Waals surface area contributed by atoms with E-state index in [4.69, 9.17) is 5.11 Å². The van der Waals surface area contributed by atoms with E-state index in [1.165, 1.54) is 0 Å². The fourth-order valence-corrected chi connectivity index (χ4v) is 2.20. The third-order valence-corrected chi connectivity index (χ3v) is 3.20. The number of rotatable bonds is 5. The Labute approximate surface area is 81.1 Å². The highest BCUT2D eigenvalue weighted by Gasteiger charge is 2.01. The fourth-order valence-electron chi connectivity index (χ4n) is 1.04.